The lowest BCUT2D eigenvalue weighted by Crippen LogP contribution is -2.55. The van der Waals surface area contributed by atoms with E-state index in [2.05, 4.69) is 0 Å². The molecule has 1 fully saturated rings. The van der Waals surface area contributed by atoms with Crippen LogP contribution < -0.4 is 0 Å². The maximum absolute atomic E-state index is 12.3. The van der Waals surface area contributed by atoms with Gasteiger partial charge in [0.15, 0.2) is 0 Å². The normalized spacial score (nSPS) is 18.7. The second kappa shape index (κ2) is 5.29. The van der Waals surface area contributed by atoms with Crippen molar-refractivity contribution < 1.29 is 9.53 Å². The molecule has 3 nitrogen and oxygen atoms in total. The summed E-state index contributed by atoms with van der Waals surface area (Å²) in [5.41, 5.74) is 0.772. The van der Waals surface area contributed by atoms with Gasteiger partial charge in [0.1, 0.15) is 0 Å². The fourth-order valence-electron chi connectivity index (χ4n) is 2.19. The number of hydrogen-bond donors (Lipinski definition) is 0. The smallest absolute Gasteiger partial charge is 0.227 e. The van der Waals surface area contributed by atoms with Gasteiger partial charge in [0.05, 0.1) is 25.2 Å². The van der Waals surface area contributed by atoms with Crippen molar-refractivity contribution in [2.24, 2.45) is 0 Å². The van der Waals surface area contributed by atoms with Gasteiger partial charge in [-0.25, -0.2) is 0 Å². The number of benzene rings is 1. The Morgan fingerprint density at radius 1 is 1.39 bits per heavy atom. The molecule has 2 rings (SSSR count). The monoisotopic (exact) mass is 267 g/mol. The zero-order valence-corrected chi connectivity index (χ0v) is 11.5. The number of morpholine rings is 1. The number of amides is 1. The number of halogens is 1. The molecule has 0 aromatic heterocycles. The Hall–Kier alpha value is -1.06. The molecule has 0 bridgehead atoms. The van der Waals surface area contributed by atoms with Crippen molar-refractivity contribution in [3.05, 3.63) is 34.9 Å². The lowest BCUT2D eigenvalue weighted by Gasteiger charge is -2.42. The largest absolute Gasteiger partial charge is 0.377 e. The molecule has 0 unspecified atom stereocenters. The number of rotatable bonds is 2. The molecule has 18 heavy (non-hydrogen) atoms. The molecule has 1 saturated heterocycles. The molecule has 0 radical (unpaired) electrons. The SMILES string of the molecule is CC1(C)COCCN1C(=O)Cc1ccc(Cl)cc1. The Labute approximate surface area is 113 Å². The number of nitrogens with zero attached hydrogens (tertiary/aromatic N) is 1. The highest BCUT2D eigenvalue weighted by Gasteiger charge is 2.33. The average Bonchev–Trinajstić information content (AvgIpc) is 2.31. The van der Waals surface area contributed by atoms with Gasteiger partial charge in [0.25, 0.3) is 0 Å². The van der Waals surface area contributed by atoms with E-state index in [1.807, 2.05) is 43.0 Å². The van der Waals surface area contributed by atoms with Gasteiger partial charge in [-0.3, -0.25) is 4.79 Å². The fraction of sp³-hybridized carbons (Fsp3) is 0.500. The van der Waals surface area contributed by atoms with Gasteiger partial charge < -0.3 is 9.64 Å². The van der Waals surface area contributed by atoms with Crippen molar-refractivity contribution in [2.45, 2.75) is 25.8 Å². The molecule has 0 spiro atoms. The molecule has 0 aliphatic carbocycles. The second-order valence-corrected chi connectivity index (χ2v) is 5.65. The number of ether oxygens (including phenoxy) is 1. The lowest BCUT2D eigenvalue weighted by atomic mass is 10.0. The zero-order chi connectivity index (χ0) is 13.2. The van der Waals surface area contributed by atoms with E-state index in [4.69, 9.17) is 16.3 Å². The lowest BCUT2D eigenvalue weighted by molar-refractivity contribution is -0.145. The first-order valence-corrected chi connectivity index (χ1v) is 6.49. The molecule has 1 aromatic carbocycles. The van der Waals surface area contributed by atoms with E-state index < -0.39 is 0 Å². The summed E-state index contributed by atoms with van der Waals surface area (Å²) in [6.45, 7) is 5.95. The highest BCUT2D eigenvalue weighted by atomic mass is 35.5. The predicted molar refractivity (Wildman–Crippen MR) is 71.8 cm³/mol. The van der Waals surface area contributed by atoms with Gasteiger partial charge in [-0.05, 0) is 31.5 Å². The molecule has 1 amide bonds. The topological polar surface area (TPSA) is 29.5 Å². The quantitative estimate of drug-likeness (QED) is 0.824. The van der Waals surface area contributed by atoms with Crippen LogP contribution in [0.2, 0.25) is 5.02 Å². The standard InChI is InChI=1S/C14H18ClNO2/c1-14(2)10-18-8-7-16(14)13(17)9-11-3-5-12(15)6-4-11/h3-6H,7-10H2,1-2H3. The number of carbonyl (C=O) groups is 1. The molecular weight excluding hydrogens is 250 g/mol. The van der Waals surface area contributed by atoms with E-state index in [-0.39, 0.29) is 11.4 Å². The molecule has 4 heteroatoms. The van der Waals surface area contributed by atoms with Crippen LogP contribution in [0.25, 0.3) is 0 Å². The van der Waals surface area contributed by atoms with Crippen LogP contribution in [0.5, 0.6) is 0 Å². The highest BCUT2D eigenvalue weighted by molar-refractivity contribution is 6.30. The third-order valence-electron chi connectivity index (χ3n) is 3.21. The van der Waals surface area contributed by atoms with Crippen molar-refractivity contribution in [3.8, 4) is 0 Å². The summed E-state index contributed by atoms with van der Waals surface area (Å²) in [5, 5.41) is 0.693. The van der Waals surface area contributed by atoms with E-state index in [0.29, 0.717) is 31.2 Å². The van der Waals surface area contributed by atoms with Crippen molar-refractivity contribution >= 4 is 17.5 Å². The number of hydrogen-bond acceptors (Lipinski definition) is 2. The fourth-order valence-corrected chi connectivity index (χ4v) is 2.32. The van der Waals surface area contributed by atoms with Crippen LogP contribution >= 0.6 is 11.6 Å². The molecule has 1 aliphatic heterocycles. The summed E-state index contributed by atoms with van der Waals surface area (Å²) in [5.74, 6) is 0.144. The maximum atomic E-state index is 12.3. The van der Waals surface area contributed by atoms with Crippen LogP contribution in [0.1, 0.15) is 19.4 Å². The molecule has 0 N–H and O–H groups in total. The zero-order valence-electron chi connectivity index (χ0n) is 10.8. The molecular formula is C14H18ClNO2. The maximum Gasteiger partial charge on any atom is 0.227 e. The Morgan fingerprint density at radius 3 is 2.67 bits per heavy atom. The van der Waals surface area contributed by atoms with E-state index >= 15 is 0 Å². The molecule has 1 aliphatic rings. The van der Waals surface area contributed by atoms with E-state index in [1.165, 1.54) is 0 Å². The minimum atomic E-state index is -0.220. The molecule has 1 heterocycles. The second-order valence-electron chi connectivity index (χ2n) is 5.21. The Morgan fingerprint density at radius 2 is 2.06 bits per heavy atom. The van der Waals surface area contributed by atoms with E-state index in [1.54, 1.807) is 0 Å². The Bertz CT molecular complexity index is 428. The summed E-state index contributed by atoms with van der Waals surface area (Å²) in [6.07, 6.45) is 0.417. The van der Waals surface area contributed by atoms with Crippen LogP contribution in [-0.2, 0) is 16.0 Å². The van der Waals surface area contributed by atoms with Crippen molar-refractivity contribution in [1.29, 1.82) is 0 Å². The van der Waals surface area contributed by atoms with Crippen molar-refractivity contribution in [1.82, 2.24) is 4.90 Å². The van der Waals surface area contributed by atoms with Gasteiger partial charge in [0, 0.05) is 11.6 Å². The van der Waals surface area contributed by atoms with Crippen molar-refractivity contribution in [2.75, 3.05) is 19.8 Å². The summed E-state index contributed by atoms with van der Waals surface area (Å²) in [6, 6.07) is 7.42. The van der Waals surface area contributed by atoms with Gasteiger partial charge >= 0.3 is 0 Å². The first kappa shape index (κ1) is 13.4. The van der Waals surface area contributed by atoms with Crippen LogP contribution in [0, 0.1) is 0 Å². The van der Waals surface area contributed by atoms with Gasteiger partial charge in [0.2, 0.25) is 5.91 Å². The van der Waals surface area contributed by atoms with Crippen LogP contribution in [-0.4, -0.2) is 36.1 Å². The molecule has 98 valence electrons. The summed E-state index contributed by atoms with van der Waals surface area (Å²) < 4.78 is 5.42. The van der Waals surface area contributed by atoms with Crippen LogP contribution in [0.3, 0.4) is 0 Å². The first-order valence-electron chi connectivity index (χ1n) is 6.12. The van der Waals surface area contributed by atoms with Gasteiger partial charge in [-0.15, -0.1) is 0 Å². The first-order chi connectivity index (χ1) is 8.49. The Kier molecular flexibility index (Phi) is 3.93. The average molecular weight is 268 g/mol. The van der Waals surface area contributed by atoms with Gasteiger partial charge in [-0.2, -0.15) is 0 Å². The highest BCUT2D eigenvalue weighted by Crippen LogP contribution is 2.20. The minimum Gasteiger partial charge on any atom is -0.377 e. The number of carbonyl (C=O) groups excluding carboxylic acids is 1. The Balaban J connectivity index is 2.05. The van der Waals surface area contributed by atoms with Gasteiger partial charge in [-0.1, -0.05) is 23.7 Å². The van der Waals surface area contributed by atoms with Crippen LogP contribution in [0.4, 0.5) is 0 Å². The summed E-state index contributed by atoms with van der Waals surface area (Å²) >= 11 is 5.83. The molecule has 1 aromatic rings. The predicted octanol–water partition coefficient (Wildman–Crippen LogP) is 2.52. The summed E-state index contributed by atoms with van der Waals surface area (Å²) in [7, 11) is 0. The molecule has 0 saturated carbocycles. The summed E-state index contributed by atoms with van der Waals surface area (Å²) in [4.78, 5) is 14.2. The third kappa shape index (κ3) is 3.03. The van der Waals surface area contributed by atoms with E-state index in [9.17, 15) is 4.79 Å². The van der Waals surface area contributed by atoms with Crippen molar-refractivity contribution in [3.63, 3.8) is 0 Å². The van der Waals surface area contributed by atoms with E-state index in [0.717, 1.165) is 5.56 Å². The minimum absolute atomic E-state index is 0.144. The molecule has 0 atom stereocenters. The third-order valence-corrected chi connectivity index (χ3v) is 3.47. The van der Waals surface area contributed by atoms with Crippen LogP contribution in [0.15, 0.2) is 24.3 Å².